The second-order valence-corrected chi connectivity index (χ2v) is 5.03. The zero-order chi connectivity index (χ0) is 16.2. The molecule has 1 aromatic carbocycles. The van der Waals surface area contributed by atoms with E-state index in [2.05, 4.69) is 20.9 Å². The Morgan fingerprint density at radius 2 is 1.70 bits per heavy atom. The highest BCUT2D eigenvalue weighted by molar-refractivity contribution is 14.0. The van der Waals surface area contributed by atoms with Crippen LogP contribution >= 0.6 is 24.0 Å². The third kappa shape index (κ3) is 9.98. The van der Waals surface area contributed by atoms with Crippen LogP contribution < -0.4 is 20.7 Å². The van der Waals surface area contributed by atoms with E-state index in [0.717, 1.165) is 5.75 Å². The summed E-state index contributed by atoms with van der Waals surface area (Å²) in [6.07, 6.45) is 0. The number of guanidine groups is 1. The van der Waals surface area contributed by atoms with E-state index >= 15 is 0 Å². The van der Waals surface area contributed by atoms with Gasteiger partial charge < -0.3 is 20.7 Å². The molecule has 6 nitrogen and oxygen atoms in total. The maximum atomic E-state index is 11.4. The van der Waals surface area contributed by atoms with Crippen molar-refractivity contribution in [2.24, 2.45) is 10.9 Å². The minimum Gasteiger partial charge on any atom is -0.492 e. The number of ether oxygens (including phenoxy) is 1. The van der Waals surface area contributed by atoms with E-state index < -0.39 is 0 Å². The van der Waals surface area contributed by atoms with Crippen molar-refractivity contribution >= 4 is 35.8 Å². The lowest BCUT2D eigenvalue weighted by Gasteiger charge is -2.13. The molecular formula is C16H27IN4O2. The first-order chi connectivity index (χ1) is 10.6. The molecular weight excluding hydrogens is 407 g/mol. The van der Waals surface area contributed by atoms with E-state index in [1.807, 2.05) is 44.2 Å². The Balaban J connectivity index is 0.00000484. The molecule has 0 atom stereocenters. The first-order valence-corrected chi connectivity index (χ1v) is 7.53. The van der Waals surface area contributed by atoms with Crippen LogP contribution in [0.25, 0.3) is 0 Å². The lowest BCUT2D eigenvalue weighted by Crippen LogP contribution is -2.43. The number of aliphatic imine (C=N–C) groups is 1. The molecule has 3 N–H and O–H groups in total. The molecule has 0 aliphatic rings. The Kier molecular flexibility index (Phi) is 12.1. The van der Waals surface area contributed by atoms with E-state index in [0.29, 0.717) is 32.2 Å². The van der Waals surface area contributed by atoms with Gasteiger partial charge in [-0.25, -0.2) is 0 Å². The summed E-state index contributed by atoms with van der Waals surface area (Å²) < 4.78 is 5.58. The summed E-state index contributed by atoms with van der Waals surface area (Å²) in [5, 5.41) is 9.12. The number of carbonyl (C=O) groups excluding carboxylic acids is 1. The van der Waals surface area contributed by atoms with Crippen LogP contribution in [0.4, 0.5) is 0 Å². The number of rotatable bonds is 8. The molecule has 0 aliphatic heterocycles. The molecule has 0 unspecified atom stereocenters. The first kappa shape index (κ1) is 21.5. The highest BCUT2D eigenvalue weighted by Gasteiger charge is 2.05. The maximum Gasteiger partial charge on any atom is 0.222 e. The quantitative estimate of drug-likeness (QED) is 0.252. The highest BCUT2D eigenvalue weighted by atomic mass is 127. The van der Waals surface area contributed by atoms with Crippen molar-refractivity contribution < 1.29 is 9.53 Å². The Labute approximate surface area is 155 Å². The van der Waals surface area contributed by atoms with E-state index in [9.17, 15) is 4.79 Å². The van der Waals surface area contributed by atoms with Crippen LogP contribution in [0.2, 0.25) is 0 Å². The average Bonchev–Trinajstić information content (AvgIpc) is 2.54. The molecule has 0 saturated carbocycles. The van der Waals surface area contributed by atoms with Gasteiger partial charge in [-0.1, -0.05) is 32.0 Å². The zero-order valence-corrected chi connectivity index (χ0v) is 16.3. The SMILES string of the molecule is CN=C(NCCNC(=O)C(C)C)NCCOc1ccccc1.I. The average molecular weight is 434 g/mol. The molecule has 23 heavy (non-hydrogen) atoms. The van der Waals surface area contributed by atoms with Gasteiger partial charge in [0.15, 0.2) is 5.96 Å². The van der Waals surface area contributed by atoms with Crippen molar-refractivity contribution in [3.63, 3.8) is 0 Å². The Bertz CT molecular complexity index is 466. The molecule has 0 bridgehead atoms. The number of hydrogen-bond acceptors (Lipinski definition) is 3. The number of nitrogens with one attached hydrogen (secondary N) is 3. The summed E-state index contributed by atoms with van der Waals surface area (Å²) in [6, 6.07) is 9.67. The standard InChI is InChI=1S/C16H26N4O2.HI/c1-13(2)15(21)18-9-10-19-16(17-3)20-11-12-22-14-7-5-4-6-8-14;/h4-8,13H,9-12H2,1-3H3,(H,18,21)(H2,17,19,20);1H. The minimum absolute atomic E-state index is 0. The number of para-hydroxylation sites is 1. The molecule has 130 valence electrons. The molecule has 0 heterocycles. The molecule has 0 spiro atoms. The van der Waals surface area contributed by atoms with Gasteiger partial charge in [0, 0.05) is 26.1 Å². The van der Waals surface area contributed by atoms with Gasteiger partial charge in [-0.3, -0.25) is 9.79 Å². The van der Waals surface area contributed by atoms with Crippen molar-refractivity contribution in [1.29, 1.82) is 0 Å². The molecule has 0 saturated heterocycles. The Hall–Kier alpha value is -1.51. The number of nitrogens with zero attached hydrogens (tertiary/aromatic N) is 1. The summed E-state index contributed by atoms with van der Waals surface area (Å²) >= 11 is 0. The Morgan fingerprint density at radius 1 is 1.09 bits per heavy atom. The number of hydrogen-bond donors (Lipinski definition) is 3. The van der Waals surface area contributed by atoms with E-state index in [4.69, 9.17) is 4.74 Å². The molecule has 0 radical (unpaired) electrons. The normalized spacial score (nSPS) is 10.7. The predicted molar refractivity (Wildman–Crippen MR) is 105 cm³/mol. The van der Waals surface area contributed by atoms with Crippen LogP contribution in [0.15, 0.2) is 35.3 Å². The van der Waals surface area contributed by atoms with E-state index in [-0.39, 0.29) is 35.8 Å². The third-order valence-corrected chi connectivity index (χ3v) is 2.87. The monoisotopic (exact) mass is 434 g/mol. The van der Waals surface area contributed by atoms with Gasteiger partial charge in [0.25, 0.3) is 0 Å². The van der Waals surface area contributed by atoms with Crippen LogP contribution in [0, 0.1) is 5.92 Å². The summed E-state index contributed by atoms with van der Waals surface area (Å²) in [7, 11) is 1.71. The van der Waals surface area contributed by atoms with Gasteiger partial charge >= 0.3 is 0 Å². The first-order valence-electron chi connectivity index (χ1n) is 7.53. The smallest absolute Gasteiger partial charge is 0.222 e. The summed E-state index contributed by atoms with van der Waals surface area (Å²) in [5.74, 6) is 1.60. The van der Waals surface area contributed by atoms with E-state index in [1.165, 1.54) is 0 Å². The van der Waals surface area contributed by atoms with Gasteiger partial charge in [0.1, 0.15) is 12.4 Å². The van der Waals surface area contributed by atoms with Crippen molar-refractivity contribution in [1.82, 2.24) is 16.0 Å². The molecule has 1 amide bonds. The Morgan fingerprint density at radius 3 is 2.30 bits per heavy atom. The molecule has 0 fully saturated rings. The fourth-order valence-corrected chi connectivity index (χ4v) is 1.65. The van der Waals surface area contributed by atoms with Gasteiger partial charge in [-0.05, 0) is 12.1 Å². The molecule has 7 heteroatoms. The zero-order valence-electron chi connectivity index (χ0n) is 14.0. The topological polar surface area (TPSA) is 74.8 Å². The summed E-state index contributed by atoms with van der Waals surface area (Å²) in [6.45, 7) is 6.13. The fourth-order valence-electron chi connectivity index (χ4n) is 1.65. The number of halogens is 1. The van der Waals surface area contributed by atoms with Crippen LogP contribution in [0.3, 0.4) is 0 Å². The highest BCUT2D eigenvalue weighted by Crippen LogP contribution is 2.07. The van der Waals surface area contributed by atoms with Gasteiger partial charge in [0.2, 0.25) is 5.91 Å². The summed E-state index contributed by atoms with van der Waals surface area (Å²) in [5.41, 5.74) is 0. The molecule has 0 aromatic heterocycles. The van der Waals surface area contributed by atoms with Crippen LogP contribution in [0.5, 0.6) is 5.75 Å². The van der Waals surface area contributed by atoms with Crippen LogP contribution in [0.1, 0.15) is 13.8 Å². The van der Waals surface area contributed by atoms with Crippen LogP contribution in [-0.4, -0.2) is 45.2 Å². The predicted octanol–water partition coefficient (Wildman–Crippen LogP) is 1.62. The van der Waals surface area contributed by atoms with E-state index in [1.54, 1.807) is 7.05 Å². The molecule has 1 rings (SSSR count). The van der Waals surface area contributed by atoms with Crippen molar-refractivity contribution in [3.8, 4) is 5.75 Å². The maximum absolute atomic E-state index is 11.4. The number of carbonyl (C=O) groups is 1. The number of amides is 1. The largest absolute Gasteiger partial charge is 0.492 e. The van der Waals surface area contributed by atoms with Crippen molar-refractivity contribution in [3.05, 3.63) is 30.3 Å². The van der Waals surface area contributed by atoms with Gasteiger partial charge in [0.05, 0.1) is 6.54 Å². The summed E-state index contributed by atoms with van der Waals surface area (Å²) in [4.78, 5) is 15.5. The van der Waals surface area contributed by atoms with Gasteiger partial charge in [-0.2, -0.15) is 0 Å². The second kappa shape index (κ2) is 13.0. The lowest BCUT2D eigenvalue weighted by molar-refractivity contribution is -0.123. The lowest BCUT2D eigenvalue weighted by atomic mass is 10.2. The minimum atomic E-state index is 0. The second-order valence-electron chi connectivity index (χ2n) is 5.03. The van der Waals surface area contributed by atoms with Gasteiger partial charge in [-0.15, -0.1) is 24.0 Å². The van der Waals surface area contributed by atoms with Crippen molar-refractivity contribution in [2.45, 2.75) is 13.8 Å². The third-order valence-electron chi connectivity index (χ3n) is 2.87. The molecule has 1 aromatic rings. The van der Waals surface area contributed by atoms with Crippen LogP contribution in [-0.2, 0) is 4.79 Å². The molecule has 0 aliphatic carbocycles. The van der Waals surface area contributed by atoms with Crippen molar-refractivity contribution in [2.75, 3.05) is 33.3 Å². The number of benzene rings is 1. The fraction of sp³-hybridized carbons (Fsp3) is 0.500.